The summed E-state index contributed by atoms with van der Waals surface area (Å²) < 4.78 is 0. The van der Waals surface area contributed by atoms with Crippen molar-refractivity contribution in [2.24, 2.45) is 11.7 Å². The number of carbonyl (C=O) groups is 6. The van der Waals surface area contributed by atoms with Crippen LogP contribution >= 0.6 is 0 Å². The van der Waals surface area contributed by atoms with Gasteiger partial charge in [0, 0.05) is 0 Å². The minimum absolute atomic E-state index is 0.276. The number of carbonyl (C=O) groups excluding carboxylic acids is 3. The zero-order valence-electron chi connectivity index (χ0n) is 15.3. The topological polar surface area (TPSA) is 225 Å². The number of aliphatic carboxylic acids is 3. The lowest BCUT2D eigenvalue weighted by atomic mass is 10.0. The van der Waals surface area contributed by atoms with Gasteiger partial charge in [-0.05, 0) is 5.92 Å². The molecule has 0 bridgehead atoms. The van der Waals surface area contributed by atoms with E-state index in [1.54, 1.807) is 13.8 Å². The average Bonchev–Trinajstić information content (AvgIpc) is 2.56. The first kappa shape index (κ1) is 24.8. The SMILES string of the molecule is CC(C)C(N)C(=O)NC(CC(=O)O)C(=O)NCC(=O)NC(CC(=O)O)C(=O)O. The fourth-order valence-electron chi connectivity index (χ4n) is 1.87. The number of amides is 3. The summed E-state index contributed by atoms with van der Waals surface area (Å²) >= 11 is 0. The van der Waals surface area contributed by atoms with Gasteiger partial charge in [0.15, 0.2) is 0 Å². The normalized spacial score (nSPS) is 13.7. The Hall–Kier alpha value is -3.22. The highest BCUT2D eigenvalue weighted by Gasteiger charge is 2.28. The number of hydrogen-bond acceptors (Lipinski definition) is 7. The summed E-state index contributed by atoms with van der Waals surface area (Å²) in [6.45, 7) is 2.54. The quantitative estimate of drug-likeness (QED) is 0.175. The molecule has 13 nitrogen and oxygen atoms in total. The Morgan fingerprint density at radius 3 is 1.75 bits per heavy atom. The van der Waals surface area contributed by atoms with Crippen LogP contribution in [0, 0.1) is 5.92 Å². The Labute approximate surface area is 159 Å². The van der Waals surface area contributed by atoms with Crippen LogP contribution in [-0.2, 0) is 28.8 Å². The van der Waals surface area contributed by atoms with E-state index in [-0.39, 0.29) is 5.92 Å². The van der Waals surface area contributed by atoms with Gasteiger partial charge < -0.3 is 37.0 Å². The predicted molar refractivity (Wildman–Crippen MR) is 91.8 cm³/mol. The van der Waals surface area contributed by atoms with Gasteiger partial charge in [0.25, 0.3) is 0 Å². The van der Waals surface area contributed by atoms with Crippen LogP contribution in [0.1, 0.15) is 26.7 Å². The molecule has 0 saturated heterocycles. The lowest BCUT2D eigenvalue weighted by Crippen LogP contribution is -2.55. The van der Waals surface area contributed by atoms with Crippen molar-refractivity contribution < 1.29 is 44.1 Å². The van der Waals surface area contributed by atoms with Crippen molar-refractivity contribution >= 4 is 35.6 Å². The molecule has 8 N–H and O–H groups in total. The first-order valence-corrected chi connectivity index (χ1v) is 8.14. The number of nitrogens with one attached hydrogen (secondary N) is 3. The minimum Gasteiger partial charge on any atom is -0.481 e. The summed E-state index contributed by atoms with van der Waals surface area (Å²) in [4.78, 5) is 68.1. The molecule has 3 amide bonds. The predicted octanol–water partition coefficient (Wildman–Crippen LogP) is -2.91. The molecule has 0 aliphatic rings. The van der Waals surface area contributed by atoms with E-state index >= 15 is 0 Å². The molecule has 13 heteroatoms. The second-order valence-corrected chi connectivity index (χ2v) is 6.20. The summed E-state index contributed by atoms with van der Waals surface area (Å²) in [5.41, 5.74) is 5.63. The van der Waals surface area contributed by atoms with E-state index in [1.165, 1.54) is 0 Å². The number of hydrogen-bond donors (Lipinski definition) is 7. The van der Waals surface area contributed by atoms with Gasteiger partial charge in [-0.1, -0.05) is 13.8 Å². The summed E-state index contributed by atoms with van der Waals surface area (Å²) in [6.07, 6.45) is -1.65. The zero-order valence-corrected chi connectivity index (χ0v) is 15.3. The maximum atomic E-state index is 12.1. The Kier molecular flexibility index (Phi) is 10.2. The summed E-state index contributed by atoms with van der Waals surface area (Å²) in [5.74, 6) is -7.48. The molecule has 28 heavy (non-hydrogen) atoms. The highest BCUT2D eigenvalue weighted by atomic mass is 16.4. The van der Waals surface area contributed by atoms with Gasteiger partial charge >= 0.3 is 17.9 Å². The molecular weight excluding hydrogens is 380 g/mol. The maximum absolute atomic E-state index is 12.1. The van der Waals surface area contributed by atoms with E-state index < -0.39 is 73.1 Å². The Bertz CT molecular complexity index is 635. The van der Waals surface area contributed by atoms with Gasteiger partial charge in [0.1, 0.15) is 12.1 Å². The van der Waals surface area contributed by atoms with Crippen molar-refractivity contribution in [1.82, 2.24) is 16.0 Å². The van der Waals surface area contributed by atoms with Crippen molar-refractivity contribution in [1.29, 1.82) is 0 Å². The van der Waals surface area contributed by atoms with E-state index in [0.29, 0.717) is 0 Å². The molecule has 3 atom stereocenters. The zero-order chi connectivity index (χ0) is 22.0. The third kappa shape index (κ3) is 9.47. The van der Waals surface area contributed by atoms with Crippen molar-refractivity contribution in [3.63, 3.8) is 0 Å². The molecule has 0 aliphatic carbocycles. The number of carboxylic acid groups (broad SMARTS) is 3. The van der Waals surface area contributed by atoms with E-state index in [9.17, 15) is 28.8 Å². The monoisotopic (exact) mass is 404 g/mol. The van der Waals surface area contributed by atoms with Crippen LogP contribution < -0.4 is 21.7 Å². The van der Waals surface area contributed by atoms with Crippen molar-refractivity contribution in [2.75, 3.05) is 6.54 Å². The highest BCUT2D eigenvalue weighted by Crippen LogP contribution is 2.01. The Balaban J connectivity index is 4.87. The fraction of sp³-hybridized carbons (Fsp3) is 0.600. The van der Waals surface area contributed by atoms with Crippen LogP contribution in [0.3, 0.4) is 0 Å². The smallest absolute Gasteiger partial charge is 0.326 e. The second-order valence-electron chi connectivity index (χ2n) is 6.20. The first-order valence-electron chi connectivity index (χ1n) is 8.14. The maximum Gasteiger partial charge on any atom is 0.326 e. The van der Waals surface area contributed by atoms with Crippen molar-refractivity contribution in [3.05, 3.63) is 0 Å². The van der Waals surface area contributed by atoms with E-state index in [1.807, 2.05) is 10.6 Å². The van der Waals surface area contributed by atoms with Gasteiger partial charge in [0.05, 0.1) is 25.4 Å². The molecule has 0 saturated carbocycles. The molecule has 3 unspecified atom stereocenters. The lowest BCUT2D eigenvalue weighted by molar-refractivity contribution is -0.147. The standard InChI is InChI=1S/C15H24N4O9/c1-6(2)12(16)14(26)19-7(3-10(21)22)13(25)17-5-9(20)18-8(15(27)28)4-11(23)24/h6-8,12H,3-5,16H2,1-2H3,(H,17,25)(H,18,20)(H,19,26)(H,21,22)(H,23,24)(H,27,28). The van der Waals surface area contributed by atoms with Crippen LogP contribution in [0.5, 0.6) is 0 Å². The van der Waals surface area contributed by atoms with Gasteiger partial charge in [0.2, 0.25) is 17.7 Å². The Morgan fingerprint density at radius 2 is 1.32 bits per heavy atom. The molecule has 0 aliphatic heterocycles. The fourth-order valence-corrected chi connectivity index (χ4v) is 1.87. The number of rotatable bonds is 12. The van der Waals surface area contributed by atoms with E-state index in [4.69, 9.17) is 21.1 Å². The van der Waals surface area contributed by atoms with Crippen LogP contribution in [-0.4, -0.2) is 75.6 Å². The molecule has 158 valence electrons. The van der Waals surface area contributed by atoms with Crippen molar-refractivity contribution in [2.45, 2.75) is 44.8 Å². The third-order valence-electron chi connectivity index (χ3n) is 3.47. The van der Waals surface area contributed by atoms with E-state index in [2.05, 4.69) is 5.32 Å². The van der Waals surface area contributed by atoms with Gasteiger partial charge in [-0.2, -0.15) is 0 Å². The highest BCUT2D eigenvalue weighted by molar-refractivity contribution is 5.94. The average molecular weight is 404 g/mol. The van der Waals surface area contributed by atoms with Crippen LogP contribution in [0.15, 0.2) is 0 Å². The molecule has 0 heterocycles. The van der Waals surface area contributed by atoms with Crippen molar-refractivity contribution in [3.8, 4) is 0 Å². The molecule has 0 spiro atoms. The molecule has 0 fully saturated rings. The van der Waals surface area contributed by atoms with Gasteiger partial charge in [-0.15, -0.1) is 0 Å². The summed E-state index contributed by atoms with van der Waals surface area (Å²) in [7, 11) is 0. The second kappa shape index (κ2) is 11.5. The Morgan fingerprint density at radius 1 is 0.821 bits per heavy atom. The summed E-state index contributed by atoms with van der Waals surface area (Å²) in [5, 5.41) is 32.4. The summed E-state index contributed by atoms with van der Waals surface area (Å²) in [6, 6.07) is -4.21. The van der Waals surface area contributed by atoms with Crippen LogP contribution in [0.25, 0.3) is 0 Å². The lowest BCUT2D eigenvalue weighted by Gasteiger charge is -2.21. The van der Waals surface area contributed by atoms with Crippen LogP contribution in [0.2, 0.25) is 0 Å². The first-order chi connectivity index (χ1) is 12.8. The van der Waals surface area contributed by atoms with Gasteiger partial charge in [-0.25, -0.2) is 4.79 Å². The van der Waals surface area contributed by atoms with E-state index in [0.717, 1.165) is 0 Å². The molecule has 0 aromatic rings. The number of nitrogens with two attached hydrogens (primary N) is 1. The molecule has 0 rings (SSSR count). The molecule has 0 aromatic heterocycles. The van der Waals surface area contributed by atoms with Gasteiger partial charge in [-0.3, -0.25) is 24.0 Å². The third-order valence-corrected chi connectivity index (χ3v) is 3.47. The molecule has 0 aromatic carbocycles. The molecular formula is C15H24N4O9. The molecule has 0 radical (unpaired) electrons. The number of carboxylic acids is 3. The largest absolute Gasteiger partial charge is 0.481 e. The minimum atomic E-state index is -1.71. The van der Waals surface area contributed by atoms with Crippen LogP contribution in [0.4, 0.5) is 0 Å².